The molecule has 6 aromatic carbocycles. The number of nitriles is 2. The van der Waals surface area contributed by atoms with Crippen LogP contribution in [0.4, 0.5) is 0 Å². The predicted molar refractivity (Wildman–Crippen MR) is 393 cm³/mol. The van der Waals surface area contributed by atoms with Crippen LogP contribution < -0.4 is 40.8 Å². The van der Waals surface area contributed by atoms with Gasteiger partial charge in [-0.05, 0) is 121 Å². The van der Waals surface area contributed by atoms with Gasteiger partial charge < -0.3 is 52.8 Å². The lowest BCUT2D eigenvalue weighted by molar-refractivity contribution is -0.200. The highest BCUT2D eigenvalue weighted by Crippen LogP contribution is 2.66. The van der Waals surface area contributed by atoms with Gasteiger partial charge in [0.05, 0.1) is 58.7 Å². The lowest BCUT2D eigenvalue weighted by atomic mass is 9.80. The number of aliphatic hydroxyl groups is 2. The quantitative estimate of drug-likeness (QED) is 0.0167. The zero-order valence-corrected chi connectivity index (χ0v) is 62.0. The molecule has 28 nitrogen and oxygen atoms in total. The van der Waals surface area contributed by atoms with Gasteiger partial charge in [0.15, 0.2) is 0 Å². The number of aryl methyl sites for hydroxylation is 3. The van der Waals surface area contributed by atoms with Crippen molar-refractivity contribution in [2.24, 2.45) is 0 Å². The fourth-order valence-electron chi connectivity index (χ4n) is 12.3. The summed E-state index contributed by atoms with van der Waals surface area (Å²) in [5.74, 6) is -0.657. The summed E-state index contributed by atoms with van der Waals surface area (Å²) in [4.78, 5) is 54.8. The normalized spacial score (nSPS) is 21.7. The van der Waals surface area contributed by atoms with Crippen molar-refractivity contribution in [3.05, 3.63) is 253 Å². The first kappa shape index (κ1) is 77.3. The Morgan fingerprint density at radius 3 is 1.39 bits per heavy atom. The highest BCUT2D eigenvalue weighted by Gasteiger charge is 2.56. The molecular formula is C75H76N8O20P2S2. The number of para-hydroxylation sites is 3. The van der Waals surface area contributed by atoms with Crippen LogP contribution in [0.15, 0.2) is 203 Å². The van der Waals surface area contributed by atoms with Gasteiger partial charge in [-0.2, -0.15) is 25.5 Å². The molecule has 0 spiro atoms. The number of aromatic nitrogens is 6. The van der Waals surface area contributed by atoms with Gasteiger partial charge in [0, 0.05) is 72.5 Å². The highest BCUT2D eigenvalue weighted by atomic mass is 32.7. The highest BCUT2D eigenvalue weighted by molar-refractivity contribution is 8.55. The molecule has 11 atom stereocenters. The molecule has 6 heterocycles. The Labute approximate surface area is 623 Å². The maximum absolute atomic E-state index is 16.1. The van der Waals surface area contributed by atoms with Crippen molar-refractivity contribution >= 4 is 36.4 Å². The zero-order chi connectivity index (χ0) is 75.3. The van der Waals surface area contributed by atoms with Crippen LogP contribution in [0, 0.1) is 43.4 Å². The average molecular weight is 1540 g/mol. The molecule has 3 aliphatic rings. The number of benzene rings is 6. The summed E-state index contributed by atoms with van der Waals surface area (Å²) < 4.78 is 117. The number of methoxy groups -OCH3 is 2. The van der Waals surface area contributed by atoms with Crippen LogP contribution in [0.25, 0.3) is 0 Å². The maximum atomic E-state index is 16.1. The second kappa shape index (κ2) is 34.7. The third-order valence-electron chi connectivity index (χ3n) is 17.6. The fraction of sp³-hybridized carbons (Fsp3) is 0.333. The molecule has 558 valence electrons. The standard InChI is InChI=1S/C75H76N8O20P2S2/c1-49-43-81(71(85)78-68(49)96-57-22-12-7-13-23-57)65-40-60(84)62(99-65)46-94-104(89,106-38-18-36-76)102-61-41-66(82-44-50(2)69(79-72(82)86)97-58-24-14-8-15-25-58)100-63(61)47-95-105(90,107-39-19-37-77)103-74(88)42-67(83-45-51(3)70(80-73(83)87)98-59-26-16-9-17-27-59)101-64(74)48-93-75(52-20-10-6-11-21-52,53-28-32-55(91-4)33-29-53)54-30-34-56(92-5)35-31-54/h6-17,20-35,43-45,60-67,84,88H,18-19,38-42,46-48H2,1-5H3/t60-,61-,62+,63+,64+,65+,66+,67+,74+,104?,105?/m0/s1. The molecule has 3 aromatic heterocycles. The minimum atomic E-state index is -4.96. The van der Waals surface area contributed by atoms with Crippen LogP contribution in [-0.2, 0) is 51.8 Å². The largest absolute Gasteiger partial charge is 0.497 e. The van der Waals surface area contributed by atoms with E-state index in [0.717, 1.165) is 9.13 Å². The van der Waals surface area contributed by atoms with Crippen molar-refractivity contribution < 1.29 is 80.1 Å². The summed E-state index contributed by atoms with van der Waals surface area (Å²) in [6, 6.07) is 53.8. The Balaban J connectivity index is 0.875. The maximum Gasteiger partial charge on any atom is 0.391 e. The van der Waals surface area contributed by atoms with Gasteiger partial charge in [-0.15, -0.1) is 0 Å². The summed E-state index contributed by atoms with van der Waals surface area (Å²) in [6.45, 7) is -6.48. The molecule has 12 rings (SSSR count). The third kappa shape index (κ3) is 18.5. The van der Waals surface area contributed by atoms with Crippen molar-refractivity contribution in [1.82, 2.24) is 28.7 Å². The number of nitrogens with zero attached hydrogens (tertiary/aromatic N) is 8. The van der Waals surface area contributed by atoms with Crippen LogP contribution >= 0.6 is 36.4 Å². The van der Waals surface area contributed by atoms with Crippen molar-refractivity contribution in [3.8, 4) is 58.5 Å². The van der Waals surface area contributed by atoms with Crippen LogP contribution in [0.3, 0.4) is 0 Å². The molecule has 9 aromatic rings. The topological polar surface area (TPSA) is 347 Å². The Hall–Kier alpha value is -9.30. The molecule has 3 saturated heterocycles. The second-order valence-corrected chi connectivity index (χ2v) is 33.2. The van der Waals surface area contributed by atoms with E-state index >= 15 is 9.13 Å². The molecule has 0 aliphatic carbocycles. The predicted octanol–water partition coefficient (Wildman–Crippen LogP) is 12.9. The van der Waals surface area contributed by atoms with E-state index in [1.54, 1.807) is 130 Å². The molecule has 2 N–H and O–H groups in total. The summed E-state index contributed by atoms with van der Waals surface area (Å²) in [7, 11) is 3.08. The van der Waals surface area contributed by atoms with E-state index in [0.29, 0.717) is 84.9 Å². The van der Waals surface area contributed by atoms with E-state index in [4.69, 9.17) is 60.7 Å². The van der Waals surface area contributed by atoms with Gasteiger partial charge in [-0.1, -0.05) is 109 Å². The minimum absolute atomic E-state index is 0.0104. The smallest absolute Gasteiger partial charge is 0.391 e. The average Bonchev–Trinajstić information content (AvgIpc) is 1.19. The first-order valence-electron chi connectivity index (χ1n) is 33.9. The van der Waals surface area contributed by atoms with Gasteiger partial charge in [-0.25, -0.2) is 23.5 Å². The minimum Gasteiger partial charge on any atom is -0.497 e. The molecule has 107 heavy (non-hydrogen) atoms. The first-order chi connectivity index (χ1) is 51.7. The van der Waals surface area contributed by atoms with Crippen molar-refractivity contribution in [1.29, 1.82) is 10.5 Å². The lowest BCUT2D eigenvalue weighted by Crippen LogP contribution is -2.45. The fourth-order valence-corrected chi connectivity index (χ4v) is 19.0. The summed E-state index contributed by atoms with van der Waals surface area (Å²) in [6.07, 6.45) is -7.84. The zero-order valence-electron chi connectivity index (χ0n) is 58.6. The van der Waals surface area contributed by atoms with Gasteiger partial charge in [0.1, 0.15) is 77.4 Å². The second-order valence-electron chi connectivity index (χ2n) is 24.9. The van der Waals surface area contributed by atoms with E-state index in [-0.39, 0.29) is 54.8 Å². The van der Waals surface area contributed by atoms with E-state index in [1.165, 1.54) is 37.4 Å². The van der Waals surface area contributed by atoms with E-state index in [9.17, 15) is 35.1 Å². The molecule has 0 radical (unpaired) electrons. The Bertz CT molecular complexity index is 4860. The van der Waals surface area contributed by atoms with Crippen LogP contribution in [0.2, 0.25) is 0 Å². The van der Waals surface area contributed by atoms with Crippen LogP contribution in [-0.4, -0.2) is 121 Å². The third-order valence-corrected chi connectivity index (χ3v) is 25.1. The Morgan fingerprint density at radius 2 is 0.935 bits per heavy atom. The number of ether oxygens (including phenoxy) is 9. The van der Waals surface area contributed by atoms with Crippen LogP contribution in [0.1, 0.15) is 84.2 Å². The monoisotopic (exact) mass is 1530 g/mol. The van der Waals surface area contributed by atoms with E-state index < -0.39 is 117 Å². The van der Waals surface area contributed by atoms with Crippen molar-refractivity contribution in [2.45, 2.75) is 113 Å². The lowest BCUT2D eigenvalue weighted by Gasteiger charge is -2.38. The molecule has 0 bridgehead atoms. The van der Waals surface area contributed by atoms with Gasteiger partial charge in [0.2, 0.25) is 23.4 Å². The summed E-state index contributed by atoms with van der Waals surface area (Å²) in [5, 5.41) is 44.7. The van der Waals surface area contributed by atoms with Crippen LogP contribution in [0.5, 0.6) is 46.4 Å². The number of rotatable bonds is 33. The molecule has 0 saturated carbocycles. The molecule has 0 amide bonds. The molecule has 32 heteroatoms. The van der Waals surface area contributed by atoms with Crippen molar-refractivity contribution in [3.63, 3.8) is 0 Å². The van der Waals surface area contributed by atoms with Crippen molar-refractivity contribution in [2.75, 3.05) is 45.5 Å². The summed E-state index contributed by atoms with van der Waals surface area (Å²) in [5.41, 5.74) is -0.942. The first-order valence-corrected chi connectivity index (χ1v) is 40.2. The number of hydrogen-bond donors (Lipinski definition) is 2. The molecule has 3 fully saturated rings. The van der Waals surface area contributed by atoms with Gasteiger partial charge >= 0.3 is 30.7 Å². The molecular weight excluding hydrogens is 1460 g/mol. The van der Waals surface area contributed by atoms with E-state index in [1.807, 2.05) is 72.8 Å². The van der Waals surface area contributed by atoms with Gasteiger partial charge in [0.25, 0.3) is 0 Å². The van der Waals surface area contributed by atoms with E-state index in [2.05, 4.69) is 15.0 Å². The Kier molecular flexibility index (Phi) is 25.1. The molecule has 3 aliphatic heterocycles. The van der Waals surface area contributed by atoms with Gasteiger partial charge in [-0.3, -0.25) is 31.8 Å². The number of aliphatic hydroxyl groups excluding tert-OH is 1. The Morgan fingerprint density at radius 1 is 0.533 bits per heavy atom. The SMILES string of the molecule is COc1ccc(C(OC[C@H]2O[C@@H](n3cc(C)c(Oc4ccccc4)nc3=O)C[C@@]2(O)OP(=O)(OC[C@H]2O[C@@H](n3cc(C)c(Oc4ccccc4)nc3=O)C[C@@H]2OP(=O)(OC[C@H]2O[C@@H](n3cc(C)c(Oc4ccccc4)nc3=O)C[C@@H]2O)SCCC#N)SCCC#N)(c2ccccc2)c2ccc(OC)cc2)cc1. The number of hydrogen-bond acceptors (Lipinski definition) is 27. The summed E-state index contributed by atoms with van der Waals surface area (Å²) >= 11 is 1.21. The molecule has 2 unspecified atom stereocenters.